The highest BCUT2D eigenvalue weighted by molar-refractivity contribution is 5.07. The van der Waals surface area contributed by atoms with E-state index in [2.05, 4.69) is 4.90 Å². The van der Waals surface area contributed by atoms with Crippen molar-refractivity contribution in [1.29, 1.82) is 0 Å². The molecule has 0 spiro atoms. The molecule has 3 fully saturated rings. The summed E-state index contributed by atoms with van der Waals surface area (Å²) in [5.41, 5.74) is 6.14. The molecule has 74 valence electrons. The van der Waals surface area contributed by atoms with Crippen molar-refractivity contribution in [2.45, 2.75) is 30.9 Å². The summed E-state index contributed by atoms with van der Waals surface area (Å²) in [6, 6.07) is 0.264. The van der Waals surface area contributed by atoms with Crippen molar-refractivity contribution in [2.24, 2.45) is 11.7 Å². The van der Waals surface area contributed by atoms with Gasteiger partial charge in [0.25, 0.3) is 0 Å². The van der Waals surface area contributed by atoms with Crippen molar-refractivity contribution in [1.82, 2.24) is 4.90 Å². The zero-order chi connectivity index (χ0) is 8.89. The van der Waals surface area contributed by atoms with Crippen LogP contribution in [0.5, 0.6) is 0 Å². The average molecular weight is 182 g/mol. The van der Waals surface area contributed by atoms with E-state index in [1.165, 1.54) is 19.4 Å². The Morgan fingerprint density at radius 3 is 2.85 bits per heavy atom. The van der Waals surface area contributed by atoms with E-state index in [4.69, 9.17) is 10.5 Å². The molecule has 2 N–H and O–H groups in total. The summed E-state index contributed by atoms with van der Waals surface area (Å²) in [7, 11) is 0. The second-order valence-corrected chi connectivity index (χ2v) is 4.91. The molecule has 3 unspecified atom stereocenters. The Morgan fingerprint density at radius 2 is 2.31 bits per heavy atom. The number of piperidine rings is 1. The molecule has 3 aliphatic rings. The van der Waals surface area contributed by atoms with E-state index in [-0.39, 0.29) is 11.6 Å². The molecule has 0 radical (unpaired) electrons. The van der Waals surface area contributed by atoms with Crippen molar-refractivity contribution < 1.29 is 4.74 Å². The molecule has 2 saturated heterocycles. The topological polar surface area (TPSA) is 38.5 Å². The Hall–Kier alpha value is -0.120. The Kier molecular flexibility index (Phi) is 1.70. The molecule has 13 heavy (non-hydrogen) atoms. The lowest BCUT2D eigenvalue weighted by molar-refractivity contribution is -0.0416. The highest BCUT2D eigenvalue weighted by Crippen LogP contribution is 2.37. The van der Waals surface area contributed by atoms with Gasteiger partial charge in [0.05, 0.1) is 12.2 Å². The zero-order valence-corrected chi connectivity index (χ0v) is 8.04. The SMILES string of the molecule is NC1CN2CCC1(OCC1CC1)C2. The van der Waals surface area contributed by atoms with Crippen LogP contribution in [0, 0.1) is 5.92 Å². The highest BCUT2D eigenvalue weighted by Gasteiger charge is 2.51. The molecule has 3 heteroatoms. The lowest BCUT2D eigenvalue weighted by Gasteiger charge is -2.31. The number of hydrogen-bond acceptors (Lipinski definition) is 3. The smallest absolute Gasteiger partial charge is 0.0983 e. The normalized spacial score (nSPS) is 48.7. The summed E-state index contributed by atoms with van der Waals surface area (Å²) in [5.74, 6) is 0.858. The van der Waals surface area contributed by atoms with Crippen molar-refractivity contribution in [2.75, 3.05) is 26.2 Å². The number of ether oxygens (including phenoxy) is 1. The standard InChI is InChI=1S/C10H18N2O/c11-9-5-12-4-3-10(9,7-12)13-6-8-1-2-8/h8-9H,1-7,11H2. The van der Waals surface area contributed by atoms with Gasteiger partial charge in [-0.1, -0.05) is 0 Å². The Labute approximate surface area is 79.2 Å². The summed E-state index contributed by atoms with van der Waals surface area (Å²) in [5, 5.41) is 0. The first kappa shape index (κ1) is 8.21. The predicted molar refractivity (Wildman–Crippen MR) is 50.4 cm³/mol. The minimum absolute atomic E-state index is 0.0442. The van der Waals surface area contributed by atoms with E-state index in [1.54, 1.807) is 0 Å². The number of hydrogen-bond donors (Lipinski definition) is 1. The van der Waals surface area contributed by atoms with Crippen LogP contribution in [0.3, 0.4) is 0 Å². The van der Waals surface area contributed by atoms with E-state index < -0.39 is 0 Å². The van der Waals surface area contributed by atoms with Gasteiger partial charge in [-0.15, -0.1) is 0 Å². The summed E-state index contributed by atoms with van der Waals surface area (Å²) < 4.78 is 6.05. The fourth-order valence-electron chi connectivity index (χ4n) is 2.58. The molecule has 0 aromatic heterocycles. The van der Waals surface area contributed by atoms with Gasteiger partial charge >= 0.3 is 0 Å². The minimum atomic E-state index is 0.0442. The number of rotatable bonds is 3. The fourth-order valence-corrected chi connectivity index (χ4v) is 2.58. The Morgan fingerprint density at radius 1 is 1.46 bits per heavy atom. The second-order valence-electron chi connectivity index (χ2n) is 4.91. The van der Waals surface area contributed by atoms with Gasteiger partial charge in [-0.2, -0.15) is 0 Å². The summed E-state index contributed by atoms with van der Waals surface area (Å²) in [6.07, 6.45) is 3.89. The van der Waals surface area contributed by atoms with Gasteiger partial charge in [0.2, 0.25) is 0 Å². The Balaban J connectivity index is 1.64. The monoisotopic (exact) mass is 182 g/mol. The van der Waals surface area contributed by atoms with Crippen LogP contribution in [0.1, 0.15) is 19.3 Å². The van der Waals surface area contributed by atoms with Gasteiger partial charge in [-0.05, 0) is 25.2 Å². The molecule has 0 aromatic carbocycles. The van der Waals surface area contributed by atoms with Crippen LogP contribution in [-0.2, 0) is 4.74 Å². The van der Waals surface area contributed by atoms with Crippen LogP contribution in [0.2, 0.25) is 0 Å². The predicted octanol–water partition coefficient (Wildman–Crippen LogP) is 0.198. The third-order valence-corrected chi connectivity index (χ3v) is 3.78. The van der Waals surface area contributed by atoms with Crippen LogP contribution in [0.15, 0.2) is 0 Å². The lowest BCUT2D eigenvalue weighted by atomic mass is 9.95. The first-order valence-electron chi connectivity index (χ1n) is 5.40. The molecule has 0 amide bonds. The average Bonchev–Trinajstić information content (AvgIpc) is 2.79. The third kappa shape index (κ3) is 1.30. The van der Waals surface area contributed by atoms with E-state index in [0.717, 1.165) is 32.0 Å². The van der Waals surface area contributed by atoms with Crippen LogP contribution < -0.4 is 5.73 Å². The molecule has 3 rings (SSSR count). The maximum atomic E-state index is 6.09. The summed E-state index contributed by atoms with van der Waals surface area (Å²) in [4.78, 5) is 2.43. The molecular formula is C10H18N2O. The molecule has 2 bridgehead atoms. The Bertz CT molecular complexity index is 217. The van der Waals surface area contributed by atoms with Crippen LogP contribution in [0.25, 0.3) is 0 Å². The molecule has 2 aliphatic heterocycles. The van der Waals surface area contributed by atoms with Crippen molar-refractivity contribution in [3.05, 3.63) is 0 Å². The molecular weight excluding hydrogens is 164 g/mol. The molecule has 3 atom stereocenters. The number of nitrogens with two attached hydrogens (primary N) is 1. The fraction of sp³-hybridized carbons (Fsp3) is 1.00. The van der Waals surface area contributed by atoms with Gasteiger partial charge in [-0.25, -0.2) is 0 Å². The van der Waals surface area contributed by atoms with E-state index in [1.807, 2.05) is 0 Å². The molecule has 1 aliphatic carbocycles. The van der Waals surface area contributed by atoms with Gasteiger partial charge in [0, 0.05) is 25.7 Å². The van der Waals surface area contributed by atoms with Crippen LogP contribution >= 0.6 is 0 Å². The molecule has 1 saturated carbocycles. The van der Waals surface area contributed by atoms with Gasteiger partial charge in [-0.3, -0.25) is 4.90 Å². The lowest BCUT2D eigenvalue weighted by Crippen LogP contribution is -2.50. The van der Waals surface area contributed by atoms with Crippen LogP contribution in [-0.4, -0.2) is 42.8 Å². The molecule has 0 aromatic rings. The third-order valence-electron chi connectivity index (χ3n) is 3.78. The molecule has 3 nitrogen and oxygen atoms in total. The second kappa shape index (κ2) is 2.69. The number of fused-ring (bicyclic) bond motifs is 2. The maximum absolute atomic E-state index is 6.09. The number of nitrogens with zero attached hydrogens (tertiary/aromatic N) is 1. The zero-order valence-electron chi connectivity index (χ0n) is 8.04. The van der Waals surface area contributed by atoms with Crippen molar-refractivity contribution in [3.8, 4) is 0 Å². The highest BCUT2D eigenvalue weighted by atomic mass is 16.5. The minimum Gasteiger partial charge on any atom is -0.372 e. The van der Waals surface area contributed by atoms with Crippen molar-refractivity contribution >= 4 is 0 Å². The quantitative estimate of drug-likeness (QED) is 0.677. The van der Waals surface area contributed by atoms with E-state index >= 15 is 0 Å². The van der Waals surface area contributed by atoms with Gasteiger partial charge < -0.3 is 10.5 Å². The van der Waals surface area contributed by atoms with Crippen LogP contribution in [0.4, 0.5) is 0 Å². The summed E-state index contributed by atoms with van der Waals surface area (Å²) in [6.45, 7) is 4.28. The first-order valence-corrected chi connectivity index (χ1v) is 5.40. The van der Waals surface area contributed by atoms with E-state index in [0.29, 0.717) is 0 Å². The van der Waals surface area contributed by atoms with Gasteiger partial charge in [0.1, 0.15) is 0 Å². The maximum Gasteiger partial charge on any atom is 0.0983 e. The first-order chi connectivity index (χ1) is 6.28. The van der Waals surface area contributed by atoms with E-state index in [9.17, 15) is 0 Å². The van der Waals surface area contributed by atoms with Gasteiger partial charge in [0.15, 0.2) is 0 Å². The van der Waals surface area contributed by atoms with Crippen molar-refractivity contribution in [3.63, 3.8) is 0 Å². The summed E-state index contributed by atoms with van der Waals surface area (Å²) >= 11 is 0. The largest absolute Gasteiger partial charge is 0.372 e. The molecule has 2 heterocycles.